The fourth-order valence-corrected chi connectivity index (χ4v) is 9.45. The molecule has 0 amide bonds. The zero-order chi connectivity index (χ0) is 38.4. The second-order valence-corrected chi connectivity index (χ2v) is 15.8. The average molecular weight is 744 g/mol. The highest BCUT2D eigenvalue weighted by molar-refractivity contribution is 6.04. The number of aromatic nitrogens is 3. The lowest BCUT2D eigenvalue weighted by atomic mass is 9.75. The number of fused-ring (bicyclic) bond motifs is 3. The fourth-order valence-electron chi connectivity index (χ4n) is 9.45. The van der Waals surface area contributed by atoms with E-state index in [-0.39, 0.29) is 5.92 Å². The highest BCUT2D eigenvalue weighted by Crippen LogP contribution is 2.44. The van der Waals surface area contributed by atoms with Crippen molar-refractivity contribution < 1.29 is 0 Å². The smallest absolute Gasteiger partial charge is 0.164 e. The maximum atomic E-state index is 5.40. The van der Waals surface area contributed by atoms with Crippen LogP contribution in [0.1, 0.15) is 43.0 Å². The molecule has 1 aromatic heterocycles. The predicted octanol–water partition coefficient (Wildman–Crippen LogP) is 14.1. The lowest BCUT2D eigenvalue weighted by molar-refractivity contribution is 0.677. The Morgan fingerprint density at radius 3 is 2.02 bits per heavy atom. The summed E-state index contributed by atoms with van der Waals surface area (Å²) in [6, 6.07) is 54.2. The maximum absolute atomic E-state index is 5.40. The summed E-state index contributed by atoms with van der Waals surface area (Å²) in [5.74, 6) is 2.71. The lowest BCUT2D eigenvalue weighted by Crippen LogP contribution is -2.16. The zero-order valence-corrected chi connectivity index (χ0v) is 32.2. The van der Waals surface area contributed by atoms with Crippen molar-refractivity contribution in [3.8, 4) is 33.9 Å². The Labute approximate surface area is 339 Å². The number of allylic oxidation sites excluding steroid dienone is 10. The van der Waals surface area contributed by atoms with Crippen LogP contribution in [0, 0.1) is 5.92 Å². The van der Waals surface area contributed by atoms with Gasteiger partial charge in [-0.2, -0.15) is 0 Å². The van der Waals surface area contributed by atoms with E-state index in [1.165, 1.54) is 49.4 Å². The molecule has 0 N–H and O–H groups in total. The van der Waals surface area contributed by atoms with E-state index in [0.29, 0.717) is 17.6 Å². The molecule has 8 aromatic rings. The molecule has 3 aliphatic rings. The van der Waals surface area contributed by atoms with Crippen LogP contribution in [0.2, 0.25) is 0 Å². The molecule has 0 saturated heterocycles. The molecule has 11 rings (SSSR count). The van der Waals surface area contributed by atoms with E-state index in [2.05, 4.69) is 188 Å². The van der Waals surface area contributed by atoms with Crippen molar-refractivity contribution >= 4 is 37.9 Å². The Morgan fingerprint density at radius 1 is 0.517 bits per heavy atom. The average Bonchev–Trinajstić information content (AvgIpc) is 3.30. The highest BCUT2D eigenvalue weighted by atomic mass is 15.0. The molecule has 2 atom stereocenters. The normalized spacial score (nSPS) is 17.7. The van der Waals surface area contributed by atoms with Gasteiger partial charge >= 0.3 is 0 Å². The van der Waals surface area contributed by atoms with Gasteiger partial charge in [-0.1, -0.05) is 199 Å². The van der Waals surface area contributed by atoms with Crippen molar-refractivity contribution in [1.29, 1.82) is 0 Å². The first-order valence-electron chi connectivity index (χ1n) is 20.5. The van der Waals surface area contributed by atoms with Crippen LogP contribution in [0.3, 0.4) is 0 Å². The van der Waals surface area contributed by atoms with Crippen LogP contribution in [0.15, 0.2) is 205 Å². The Morgan fingerprint density at radius 2 is 1.17 bits per heavy atom. The minimum Gasteiger partial charge on any atom is -0.208 e. The summed E-state index contributed by atoms with van der Waals surface area (Å²) in [5, 5.41) is 7.21. The van der Waals surface area contributed by atoms with Gasteiger partial charge in [-0.3, -0.25) is 0 Å². The van der Waals surface area contributed by atoms with Gasteiger partial charge in [0.05, 0.1) is 0 Å². The molecular weight excluding hydrogens is 703 g/mol. The summed E-state index contributed by atoms with van der Waals surface area (Å²) >= 11 is 0. The molecule has 1 heterocycles. The summed E-state index contributed by atoms with van der Waals surface area (Å²) in [4.78, 5) is 16.1. The van der Waals surface area contributed by atoms with Crippen LogP contribution in [0.5, 0.6) is 0 Å². The first-order valence-corrected chi connectivity index (χ1v) is 20.5. The van der Waals surface area contributed by atoms with Gasteiger partial charge in [0.15, 0.2) is 17.5 Å². The van der Waals surface area contributed by atoms with Crippen molar-refractivity contribution in [1.82, 2.24) is 15.0 Å². The molecule has 276 valence electrons. The zero-order valence-electron chi connectivity index (χ0n) is 32.2. The van der Waals surface area contributed by atoms with Gasteiger partial charge in [0, 0.05) is 28.5 Å². The van der Waals surface area contributed by atoms with Crippen molar-refractivity contribution in [3.63, 3.8) is 0 Å². The topological polar surface area (TPSA) is 38.7 Å². The second kappa shape index (κ2) is 14.5. The molecule has 3 nitrogen and oxygen atoms in total. The maximum Gasteiger partial charge on any atom is 0.164 e. The van der Waals surface area contributed by atoms with E-state index in [0.717, 1.165) is 59.0 Å². The van der Waals surface area contributed by atoms with Crippen LogP contribution in [-0.2, 0) is 0 Å². The third-order valence-corrected chi connectivity index (χ3v) is 12.4. The van der Waals surface area contributed by atoms with Crippen LogP contribution in [-0.4, -0.2) is 15.0 Å². The van der Waals surface area contributed by atoms with E-state index in [1.807, 2.05) is 0 Å². The van der Waals surface area contributed by atoms with Crippen molar-refractivity contribution in [2.24, 2.45) is 5.92 Å². The van der Waals surface area contributed by atoms with Crippen molar-refractivity contribution in [2.75, 3.05) is 0 Å². The molecule has 0 saturated carbocycles. The second-order valence-electron chi connectivity index (χ2n) is 15.8. The number of hydrogen-bond acceptors (Lipinski definition) is 3. The minimum absolute atomic E-state index is 0.179. The largest absolute Gasteiger partial charge is 0.208 e. The molecule has 2 unspecified atom stereocenters. The Kier molecular flexibility index (Phi) is 8.58. The fraction of sp³-hybridized carbons (Fsp3) is 0.109. The van der Waals surface area contributed by atoms with Crippen LogP contribution in [0.25, 0.3) is 71.8 Å². The highest BCUT2D eigenvalue weighted by Gasteiger charge is 2.29. The molecular formula is C55H41N3. The third-order valence-electron chi connectivity index (χ3n) is 12.4. The van der Waals surface area contributed by atoms with Gasteiger partial charge in [0.2, 0.25) is 0 Å². The molecule has 0 aliphatic heterocycles. The molecule has 0 fully saturated rings. The van der Waals surface area contributed by atoms with Gasteiger partial charge in [-0.05, 0) is 80.3 Å². The third kappa shape index (κ3) is 6.20. The summed E-state index contributed by atoms with van der Waals surface area (Å²) in [6.45, 7) is 0. The molecule has 0 spiro atoms. The summed E-state index contributed by atoms with van der Waals surface area (Å²) in [6.07, 6.45) is 18.1. The molecule has 3 aliphatic carbocycles. The van der Waals surface area contributed by atoms with E-state index in [9.17, 15) is 0 Å². The summed E-state index contributed by atoms with van der Waals surface area (Å²) in [5.41, 5.74) is 11.3. The van der Waals surface area contributed by atoms with Gasteiger partial charge in [0.1, 0.15) is 0 Å². The van der Waals surface area contributed by atoms with Gasteiger partial charge in [0.25, 0.3) is 0 Å². The first kappa shape index (κ1) is 34.3. The number of nitrogens with zero attached hydrogens (tertiary/aromatic N) is 3. The Bertz CT molecular complexity index is 3070. The van der Waals surface area contributed by atoms with Crippen molar-refractivity contribution in [2.45, 2.75) is 31.6 Å². The van der Waals surface area contributed by atoms with Gasteiger partial charge in [-0.15, -0.1) is 0 Å². The van der Waals surface area contributed by atoms with Gasteiger partial charge < -0.3 is 0 Å². The van der Waals surface area contributed by atoms with Crippen molar-refractivity contribution in [3.05, 3.63) is 216 Å². The van der Waals surface area contributed by atoms with E-state index < -0.39 is 0 Å². The standard InChI is InChI=1S/C55H41N3/c1-2-14-37(15-3-1)45-22-11-24-49-48(45)23-12-26-52(49)55-57-53(56-54(58-55)51-25-10-18-38-16-6-7-19-46(38)51)50-21-9-8-20-47(50)44-32-31-42-34-41(29-30-43(42)35-44)40-28-27-36-13-4-5-17-39(36)33-40/h1-19,21-30,33,35,41,47H,20,31-32,34H2. The minimum atomic E-state index is 0.179. The van der Waals surface area contributed by atoms with Crippen LogP contribution < -0.4 is 0 Å². The van der Waals surface area contributed by atoms with E-state index in [1.54, 1.807) is 5.57 Å². The number of hydrogen-bond donors (Lipinski definition) is 0. The number of benzene rings is 7. The molecule has 0 bridgehead atoms. The Balaban J connectivity index is 1.00. The number of rotatable bonds is 6. The van der Waals surface area contributed by atoms with Crippen LogP contribution >= 0.6 is 0 Å². The molecule has 3 heteroatoms. The SMILES string of the molecule is C1=CCC(C2=CC3=C(CC2)CC(c2ccc4ccccc4c2)C=C3)C(c2nc(-c3cccc4ccccc34)nc(-c3cccc4c(-c5ccccc5)cccc34)n2)=C1. The van der Waals surface area contributed by atoms with Gasteiger partial charge in [-0.25, -0.2) is 15.0 Å². The van der Waals surface area contributed by atoms with E-state index in [4.69, 9.17) is 15.0 Å². The van der Waals surface area contributed by atoms with E-state index >= 15 is 0 Å². The lowest BCUT2D eigenvalue weighted by Gasteiger charge is -2.30. The van der Waals surface area contributed by atoms with Crippen LogP contribution in [0.4, 0.5) is 0 Å². The summed E-state index contributed by atoms with van der Waals surface area (Å²) < 4.78 is 0. The molecule has 7 aromatic carbocycles. The predicted molar refractivity (Wildman–Crippen MR) is 241 cm³/mol. The summed E-state index contributed by atoms with van der Waals surface area (Å²) in [7, 11) is 0. The first-order chi connectivity index (χ1) is 28.7. The molecule has 0 radical (unpaired) electrons. The molecule has 58 heavy (non-hydrogen) atoms. The quantitative estimate of drug-likeness (QED) is 0.170. The monoisotopic (exact) mass is 743 g/mol. The Hall–Kier alpha value is -6.97.